The lowest BCUT2D eigenvalue weighted by Crippen LogP contribution is -2.09. The van der Waals surface area contributed by atoms with Crippen molar-refractivity contribution < 1.29 is 14.3 Å². The number of esters is 1. The smallest absolute Gasteiger partial charge is 0.340 e. The Bertz CT molecular complexity index is 674. The van der Waals surface area contributed by atoms with Gasteiger partial charge >= 0.3 is 5.97 Å². The Balaban J connectivity index is 2.12. The third kappa shape index (κ3) is 3.66. The Labute approximate surface area is 131 Å². The van der Waals surface area contributed by atoms with Crippen molar-refractivity contribution in [2.75, 3.05) is 18.6 Å². The summed E-state index contributed by atoms with van der Waals surface area (Å²) in [5.74, 6) is 0.144. The quantitative estimate of drug-likeness (QED) is 0.653. The largest absolute Gasteiger partial charge is 0.496 e. The highest BCUT2D eigenvalue weighted by Gasteiger charge is 2.13. The molecular weight excluding hydrogens is 336 g/mol. The fourth-order valence-electron chi connectivity index (χ4n) is 1.85. The second kappa shape index (κ2) is 6.49. The number of hydrogen-bond donors (Lipinski definition) is 2. The molecular formula is C15H15BrN2O3. The molecule has 0 aromatic heterocycles. The molecule has 0 bridgehead atoms. The van der Waals surface area contributed by atoms with Crippen LogP contribution in [-0.4, -0.2) is 13.1 Å². The summed E-state index contributed by atoms with van der Waals surface area (Å²) >= 11 is 3.37. The molecule has 0 unspecified atom stereocenters. The first-order valence-electron chi connectivity index (χ1n) is 6.16. The van der Waals surface area contributed by atoms with E-state index in [0.29, 0.717) is 17.1 Å². The van der Waals surface area contributed by atoms with Crippen LogP contribution in [0, 0.1) is 0 Å². The standard InChI is InChI=1S/C15H15BrN2O3/c1-20-14-5-2-10(16)6-9(14)8-21-15(19)12-4-3-11(17)7-13(12)18/h2-7H,8,17-18H2,1H3. The van der Waals surface area contributed by atoms with E-state index in [1.807, 2.05) is 12.1 Å². The van der Waals surface area contributed by atoms with Gasteiger partial charge in [0.05, 0.1) is 12.7 Å². The minimum absolute atomic E-state index is 0.0886. The van der Waals surface area contributed by atoms with E-state index >= 15 is 0 Å². The Morgan fingerprint density at radius 3 is 2.62 bits per heavy atom. The summed E-state index contributed by atoms with van der Waals surface area (Å²) < 4.78 is 11.4. The number of halogens is 1. The van der Waals surface area contributed by atoms with E-state index in [1.54, 1.807) is 25.3 Å². The van der Waals surface area contributed by atoms with Gasteiger partial charge in [0.15, 0.2) is 0 Å². The fourth-order valence-corrected chi connectivity index (χ4v) is 2.26. The highest BCUT2D eigenvalue weighted by Crippen LogP contribution is 2.24. The number of benzene rings is 2. The van der Waals surface area contributed by atoms with E-state index in [1.165, 1.54) is 6.07 Å². The summed E-state index contributed by atoms with van der Waals surface area (Å²) in [5.41, 5.74) is 13.2. The van der Waals surface area contributed by atoms with Gasteiger partial charge in [0.1, 0.15) is 12.4 Å². The summed E-state index contributed by atoms with van der Waals surface area (Å²) in [6, 6.07) is 10.2. The number of nitrogens with two attached hydrogens (primary N) is 2. The summed E-state index contributed by atoms with van der Waals surface area (Å²) in [6.07, 6.45) is 0. The van der Waals surface area contributed by atoms with Gasteiger partial charge in [-0.1, -0.05) is 15.9 Å². The summed E-state index contributed by atoms with van der Waals surface area (Å²) in [4.78, 5) is 12.0. The molecule has 4 N–H and O–H groups in total. The molecule has 2 aromatic carbocycles. The third-order valence-corrected chi connectivity index (χ3v) is 3.39. The molecule has 0 atom stereocenters. The number of anilines is 2. The van der Waals surface area contributed by atoms with E-state index in [-0.39, 0.29) is 12.2 Å². The van der Waals surface area contributed by atoms with Crippen molar-refractivity contribution in [2.24, 2.45) is 0 Å². The number of ether oxygens (including phenoxy) is 2. The highest BCUT2D eigenvalue weighted by molar-refractivity contribution is 9.10. The molecule has 0 radical (unpaired) electrons. The van der Waals surface area contributed by atoms with Crippen LogP contribution in [0.15, 0.2) is 40.9 Å². The van der Waals surface area contributed by atoms with Crippen LogP contribution in [0.1, 0.15) is 15.9 Å². The van der Waals surface area contributed by atoms with E-state index in [2.05, 4.69) is 15.9 Å². The molecule has 0 heterocycles. The minimum Gasteiger partial charge on any atom is -0.496 e. The summed E-state index contributed by atoms with van der Waals surface area (Å²) in [5, 5.41) is 0. The van der Waals surface area contributed by atoms with Gasteiger partial charge in [-0.25, -0.2) is 4.79 Å². The summed E-state index contributed by atoms with van der Waals surface area (Å²) in [6.45, 7) is 0.0886. The maximum atomic E-state index is 12.0. The number of nitrogen functional groups attached to an aromatic ring is 2. The first kappa shape index (κ1) is 15.2. The molecule has 2 aromatic rings. The van der Waals surface area contributed by atoms with Crippen molar-refractivity contribution in [2.45, 2.75) is 6.61 Å². The lowest BCUT2D eigenvalue weighted by molar-refractivity contribution is 0.0471. The predicted octanol–water partition coefficient (Wildman–Crippen LogP) is 2.98. The van der Waals surface area contributed by atoms with Crippen LogP contribution < -0.4 is 16.2 Å². The van der Waals surface area contributed by atoms with Gasteiger partial charge in [-0.3, -0.25) is 0 Å². The molecule has 0 saturated heterocycles. The van der Waals surface area contributed by atoms with Gasteiger partial charge in [-0.15, -0.1) is 0 Å². The highest BCUT2D eigenvalue weighted by atomic mass is 79.9. The van der Waals surface area contributed by atoms with Crippen molar-refractivity contribution in [3.8, 4) is 5.75 Å². The molecule has 0 aliphatic heterocycles. The Morgan fingerprint density at radius 2 is 1.95 bits per heavy atom. The maximum absolute atomic E-state index is 12.0. The molecule has 0 fully saturated rings. The third-order valence-electron chi connectivity index (χ3n) is 2.90. The average molecular weight is 351 g/mol. The van der Waals surface area contributed by atoms with Crippen LogP contribution >= 0.6 is 15.9 Å². The van der Waals surface area contributed by atoms with Crippen LogP contribution in [0.2, 0.25) is 0 Å². The molecule has 0 amide bonds. The summed E-state index contributed by atoms with van der Waals surface area (Å²) in [7, 11) is 1.56. The van der Waals surface area contributed by atoms with Gasteiger partial charge in [0.25, 0.3) is 0 Å². The Morgan fingerprint density at radius 1 is 1.19 bits per heavy atom. The van der Waals surface area contributed by atoms with E-state index in [0.717, 1.165) is 10.0 Å². The zero-order valence-electron chi connectivity index (χ0n) is 11.4. The monoisotopic (exact) mass is 350 g/mol. The van der Waals surface area contributed by atoms with E-state index in [9.17, 15) is 4.79 Å². The SMILES string of the molecule is COc1ccc(Br)cc1COC(=O)c1ccc(N)cc1N. The molecule has 5 nitrogen and oxygen atoms in total. The lowest BCUT2D eigenvalue weighted by atomic mass is 10.1. The van der Waals surface area contributed by atoms with Crippen molar-refractivity contribution in [1.29, 1.82) is 0 Å². The first-order valence-corrected chi connectivity index (χ1v) is 6.95. The Hall–Kier alpha value is -2.21. The normalized spacial score (nSPS) is 10.2. The van der Waals surface area contributed by atoms with Crippen LogP contribution in [0.4, 0.5) is 11.4 Å². The number of hydrogen-bond acceptors (Lipinski definition) is 5. The molecule has 21 heavy (non-hydrogen) atoms. The van der Waals surface area contributed by atoms with Crippen LogP contribution in [0.5, 0.6) is 5.75 Å². The molecule has 0 spiro atoms. The molecule has 6 heteroatoms. The van der Waals surface area contributed by atoms with Gasteiger partial charge in [-0.05, 0) is 36.4 Å². The number of methoxy groups -OCH3 is 1. The zero-order chi connectivity index (χ0) is 15.4. The van der Waals surface area contributed by atoms with Crippen LogP contribution in [-0.2, 0) is 11.3 Å². The maximum Gasteiger partial charge on any atom is 0.340 e. The zero-order valence-corrected chi connectivity index (χ0v) is 13.0. The molecule has 110 valence electrons. The van der Waals surface area contributed by atoms with Crippen molar-refractivity contribution in [3.63, 3.8) is 0 Å². The van der Waals surface area contributed by atoms with Crippen molar-refractivity contribution in [1.82, 2.24) is 0 Å². The molecule has 2 rings (SSSR count). The minimum atomic E-state index is -0.505. The number of carbonyl (C=O) groups excluding carboxylic acids is 1. The first-order chi connectivity index (χ1) is 10.0. The topological polar surface area (TPSA) is 87.6 Å². The van der Waals surface area contributed by atoms with Crippen molar-refractivity contribution in [3.05, 3.63) is 52.0 Å². The van der Waals surface area contributed by atoms with Crippen molar-refractivity contribution >= 4 is 33.3 Å². The fraction of sp³-hybridized carbons (Fsp3) is 0.133. The number of carbonyl (C=O) groups is 1. The van der Waals surface area contributed by atoms with Crippen LogP contribution in [0.25, 0.3) is 0 Å². The predicted molar refractivity (Wildman–Crippen MR) is 85.1 cm³/mol. The molecule has 0 aliphatic rings. The van der Waals surface area contributed by atoms with Crippen LogP contribution in [0.3, 0.4) is 0 Å². The van der Waals surface area contributed by atoms with Gasteiger partial charge in [0.2, 0.25) is 0 Å². The van der Waals surface area contributed by atoms with Gasteiger partial charge in [0, 0.05) is 21.4 Å². The van der Waals surface area contributed by atoms with E-state index < -0.39 is 5.97 Å². The second-order valence-electron chi connectivity index (χ2n) is 4.38. The van der Waals surface area contributed by atoms with Gasteiger partial charge in [-0.2, -0.15) is 0 Å². The lowest BCUT2D eigenvalue weighted by Gasteiger charge is -2.11. The Kier molecular flexibility index (Phi) is 4.70. The molecule has 0 aliphatic carbocycles. The second-order valence-corrected chi connectivity index (χ2v) is 5.29. The number of rotatable bonds is 4. The average Bonchev–Trinajstić information content (AvgIpc) is 2.45. The van der Waals surface area contributed by atoms with Gasteiger partial charge < -0.3 is 20.9 Å². The molecule has 0 saturated carbocycles. The van der Waals surface area contributed by atoms with E-state index in [4.69, 9.17) is 20.9 Å².